The molecule has 3 unspecified atom stereocenters. The molecule has 2 rings (SSSR count). The Balaban J connectivity index is 2.28. The second kappa shape index (κ2) is 4.74. The molecular weight excluding hydrogens is 212 g/mol. The molecule has 3 atom stereocenters. The third kappa shape index (κ3) is 2.58. The van der Waals surface area contributed by atoms with Gasteiger partial charge in [-0.3, -0.25) is 0 Å². The van der Waals surface area contributed by atoms with Crippen LogP contribution in [0, 0.1) is 17.8 Å². The highest BCUT2D eigenvalue weighted by Crippen LogP contribution is 2.48. The lowest BCUT2D eigenvalue weighted by atomic mass is 9.62. The summed E-state index contributed by atoms with van der Waals surface area (Å²) in [5.74, 6) is 1.87. The molecule has 17 heavy (non-hydrogen) atoms. The highest BCUT2D eigenvalue weighted by atomic mass is 16.3. The van der Waals surface area contributed by atoms with E-state index in [9.17, 15) is 10.2 Å². The van der Waals surface area contributed by atoms with Crippen molar-refractivity contribution >= 4 is 0 Å². The smallest absolute Gasteiger partial charge is 0.0644 e. The van der Waals surface area contributed by atoms with Crippen molar-refractivity contribution in [3.63, 3.8) is 0 Å². The zero-order valence-electron chi connectivity index (χ0n) is 11.4. The first kappa shape index (κ1) is 13.1. The molecule has 0 aromatic rings. The van der Waals surface area contributed by atoms with Gasteiger partial charge in [0.15, 0.2) is 0 Å². The van der Waals surface area contributed by atoms with E-state index >= 15 is 0 Å². The number of aliphatic hydroxyl groups excluding tert-OH is 1. The Kier molecular flexibility index (Phi) is 3.65. The maximum atomic E-state index is 10.3. The lowest BCUT2D eigenvalue weighted by molar-refractivity contribution is -0.00253. The van der Waals surface area contributed by atoms with Crippen molar-refractivity contribution in [2.24, 2.45) is 17.8 Å². The van der Waals surface area contributed by atoms with Crippen molar-refractivity contribution < 1.29 is 10.2 Å². The van der Waals surface area contributed by atoms with Gasteiger partial charge in [-0.05, 0) is 62.4 Å². The third-order valence-electron chi connectivity index (χ3n) is 4.84. The lowest BCUT2D eigenvalue weighted by Crippen LogP contribution is -2.40. The number of hydrogen-bond donors (Lipinski definition) is 2. The van der Waals surface area contributed by atoms with E-state index in [4.69, 9.17) is 0 Å². The van der Waals surface area contributed by atoms with Crippen LogP contribution in [0.1, 0.15) is 52.9 Å². The van der Waals surface area contributed by atoms with E-state index in [1.165, 1.54) is 17.6 Å². The van der Waals surface area contributed by atoms with E-state index in [1.54, 1.807) is 0 Å². The van der Waals surface area contributed by atoms with Crippen LogP contribution in [0.25, 0.3) is 0 Å². The normalized spacial score (nSPS) is 38.5. The molecule has 1 fully saturated rings. The lowest BCUT2D eigenvalue weighted by Gasteiger charge is -2.45. The molecule has 0 saturated heterocycles. The van der Waals surface area contributed by atoms with Crippen LogP contribution in [0.5, 0.6) is 0 Å². The van der Waals surface area contributed by atoms with Gasteiger partial charge in [0, 0.05) is 0 Å². The highest BCUT2D eigenvalue weighted by Gasteiger charge is 2.40. The molecule has 0 aliphatic heterocycles. The molecule has 0 heterocycles. The Morgan fingerprint density at radius 3 is 2.65 bits per heavy atom. The van der Waals surface area contributed by atoms with E-state index in [0.29, 0.717) is 17.8 Å². The predicted octanol–water partition coefficient (Wildman–Crippen LogP) is 2.89. The maximum absolute atomic E-state index is 10.3. The van der Waals surface area contributed by atoms with Crippen molar-refractivity contribution in [2.75, 3.05) is 6.61 Å². The average Bonchev–Trinajstić information content (AvgIpc) is 2.25. The molecule has 0 radical (unpaired) electrons. The average molecular weight is 238 g/mol. The van der Waals surface area contributed by atoms with Crippen molar-refractivity contribution in [2.45, 2.75) is 58.5 Å². The van der Waals surface area contributed by atoms with Crippen molar-refractivity contribution in [1.82, 2.24) is 0 Å². The summed E-state index contributed by atoms with van der Waals surface area (Å²) < 4.78 is 0. The van der Waals surface area contributed by atoms with E-state index in [2.05, 4.69) is 13.8 Å². The van der Waals surface area contributed by atoms with Gasteiger partial charge in [0.1, 0.15) is 0 Å². The zero-order chi connectivity index (χ0) is 12.6. The Morgan fingerprint density at radius 2 is 2.06 bits per heavy atom. The first-order valence-corrected chi connectivity index (χ1v) is 6.98. The van der Waals surface area contributed by atoms with E-state index in [-0.39, 0.29) is 6.61 Å². The van der Waals surface area contributed by atoms with Gasteiger partial charge in [0.25, 0.3) is 0 Å². The Morgan fingerprint density at radius 1 is 1.35 bits per heavy atom. The Bertz CT molecular complexity index is 315. The number of hydrogen-bond acceptors (Lipinski definition) is 2. The van der Waals surface area contributed by atoms with Crippen LogP contribution in [0.3, 0.4) is 0 Å². The molecule has 2 nitrogen and oxygen atoms in total. The quantitative estimate of drug-likeness (QED) is 0.726. The summed E-state index contributed by atoms with van der Waals surface area (Å²) >= 11 is 0. The van der Waals surface area contributed by atoms with E-state index in [1.807, 2.05) is 6.92 Å². The number of allylic oxidation sites excluding steroid dienone is 1. The number of aliphatic hydroxyl groups is 2. The van der Waals surface area contributed by atoms with Crippen LogP contribution in [0.2, 0.25) is 0 Å². The summed E-state index contributed by atoms with van der Waals surface area (Å²) in [7, 11) is 0. The summed E-state index contributed by atoms with van der Waals surface area (Å²) in [5.41, 5.74) is 2.24. The minimum atomic E-state index is -0.501. The topological polar surface area (TPSA) is 40.5 Å². The van der Waals surface area contributed by atoms with Crippen LogP contribution in [0.4, 0.5) is 0 Å². The minimum Gasteiger partial charge on any atom is -0.392 e. The second-order valence-corrected chi connectivity index (χ2v) is 6.54. The molecule has 0 aromatic heterocycles. The molecule has 0 spiro atoms. The van der Waals surface area contributed by atoms with Gasteiger partial charge in [0.05, 0.1) is 12.2 Å². The van der Waals surface area contributed by atoms with Gasteiger partial charge >= 0.3 is 0 Å². The second-order valence-electron chi connectivity index (χ2n) is 6.54. The van der Waals surface area contributed by atoms with Gasteiger partial charge < -0.3 is 10.2 Å². The molecule has 0 bridgehead atoms. The summed E-state index contributed by atoms with van der Waals surface area (Å²) in [6, 6.07) is 0. The molecule has 2 N–H and O–H groups in total. The predicted molar refractivity (Wildman–Crippen MR) is 69.6 cm³/mol. The van der Waals surface area contributed by atoms with Gasteiger partial charge in [-0.15, -0.1) is 0 Å². The van der Waals surface area contributed by atoms with Crippen LogP contribution < -0.4 is 0 Å². The van der Waals surface area contributed by atoms with Gasteiger partial charge in [-0.2, -0.15) is 0 Å². The first-order valence-electron chi connectivity index (χ1n) is 6.98. The SMILES string of the molecule is CC(C)C1CCC(CO)=C2CCC(C)(O)CC21. The Hall–Kier alpha value is -0.340. The molecule has 1 saturated carbocycles. The molecule has 2 heteroatoms. The van der Waals surface area contributed by atoms with Gasteiger partial charge in [-0.25, -0.2) is 0 Å². The fourth-order valence-corrected chi connectivity index (χ4v) is 3.82. The fraction of sp³-hybridized carbons (Fsp3) is 0.867. The van der Waals surface area contributed by atoms with E-state index in [0.717, 1.165) is 25.7 Å². The zero-order valence-corrected chi connectivity index (χ0v) is 11.4. The van der Waals surface area contributed by atoms with Crippen LogP contribution in [0.15, 0.2) is 11.1 Å². The van der Waals surface area contributed by atoms with Crippen molar-refractivity contribution in [3.05, 3.63) is 11.1 Å². The van der Waals surface area contributed by atoms with Crippen molar-refractivity contribution in [1.29, 1.82) is 0 Å². The molecule has 0 aromatic carbocycles. The highest BCUT2D eigenvalue weighted by molar-refractivity contribution is 5.25. The van der Waals surface area contributed by atoms with Crippen LogP contribution >= 0.6 is 0 Å². The standard InChI is InChI=1S/C15H26O2/c1-10(2)12-5-4-11(9-16)13-6-7-15(3,17)8-14(12)13/h10,12,14,16-17H,4-9H2,1-3H3. The summed E-state index contributed by atoms with van der Waals surface area (Å²) in [6.07, 6.45) is 4.96. The van der Waals surface area contributed by atoms with Crippen LogP contribution in [-0.2, 0) is 0 Å². The van der Waals surface area contributed by atoms with Crippen LogP contribution in [-0.4, -0.2) is 22.4 Å². The molecule has 0 amide bonds. The monoisotopic (exact) mass is 238 g/mol. The minimum absolute atomic E-state index is 0.221. The van der Waals surface area contributed by atoms with Gasteiger partial charge in [-0.1, -0.05) is 19.4 Å². The van der Waals surface area contributed by atoms with Gasteiger partial charge in [0.2, 0.25) is 0 Å². The summed E-state index contributed by atoms with van der Waals surface area (Å²) in [6.45, 7) is 6.76. The third-order valence-corrected chi connectivity index (χ3v) is 4.84. The summed E-state index contributed by atoms with van der Waals surface area (Å²) in [4.78, 5) is 0. The number of rotatable bonds is 2. The summed E-state index contributed by atoms with van der Waals surface area (Å²) in [5, 5.41) is 19.8. The fourth-order valence-electron chi connectivity index (χ4n) is 3.82. The van der Waals surface area contributed by atoms with E-state index < -0.39 is 5.60 Å². The maximum Gasteiger partial charge on any atom is 0.0644 e. The first-order chi connectivity index (χ1) is 7.94. The molecular formula is C15H26O2. The largest absolute Gasteiger partial charge is 0.392 e. The van der Waals surface area contributed by atoms with Crippen molar-refractivity contribution in [3.8, 4) is 0 Å². The molecule has 98 valence electrons. The molecule has 2 aliphatic carbocycles. The number of fused-ring (bicyclic) bond motifs is 1. The Labute approximate surface area is 105 Å². The molecule has 2 aliphatic rings.